The van der Waals surface area contributed by atoms with Crippen molar-refractivity contribution in [1.29, 1.82) is 0 Å². The second-order valence-electron chi connectivity index (χ2n) is 8.62. The summed E-state index contributed by atoms with van der Waals surface area (Å²) in [6.07, 6.45) is 11.8. The third-order valence-corrected chi connectivity index (χ3v) is 5.84. The summed E-state index contributed by atoms with van der Waals surface area (Å²) in [5.41, 5.74) is 1.83. The van der Waals surface area contributed by atoms with Gasteiger partial charge in [-0.15, -0.1) is 0 Å². The molecule has 0 bridgehead atoms. The molecule has 0 N–H and O–H groups in total. The summed E-state index contributed by atoms with van der Waals surface area (Å²) < 4.78 is 7.57. The summed E-state index contributed by atoms with van der Waals surface area (Å²) in [6.45, 7) is 6.44. The van der Waals surface area contributed by atoms with E-state index in [2.05, 4.69) is 23.8 Å². The van der Waals surface area contributed by atoms with Crippen molar-refractivity contribution in [3.63, 3.8) is 0 Å². The third kappa shape index (κ3) is 6.34. The van der Waals surface area contributed by atoms with Crippen LogP contribution in [0.1, 0.15) is 62.3 Å². The summed E-state index contributed by atoms with van der Waals surface area (Å²) in [5, 5.41) is 25.6. The van der Waals surface area contributed by atoms with Crippen LogP contribution in [-0.4, -0.2) is 20.9 Å². The maximum absolute atomic E-state index is 12.8. The molecule has 2 aromatic heterocycles. The SMILES string of the molecule is CCCCn1cc[n+](C)c1C([O-])=NCc1cccc(CN=C([O-])c2n(CCCC)cc[n+]2C)c1. The number of rotatable bonds is 12. The maximum Gasteiger partial charge on any atom is 0.291 e. The Morgan fingerprint density at radius 3 is 1.65 bits per heavy atom. The molecule has 0 radical (unpaired) electrons. The first-order chi connectivity index (χ1) is 16.4. The standard InChI is InChI=1S/C26H36N6O2/c1-5-7-12-31-16-14-29(3)25(31)23(33)27-19-21-10-9-11-22(18-21)20-28-24(34)26-30(4)15-17-32(26)13-8-6-2/h9-11,14-18H,5-8,12-13,19-20H2,1-4H3. The Labute approximate surface area is 202 Å². The van der Waals surface area contributed by atoms with Crippen molar-refractivity contribution in [1.82, 2.24) is 9.13 Å². The second-order valence-corrected chi connectivity index (χ2v) is 8.62. The highest BCUT2D eigenvalue weighted by atomic mass is 16.3. The number of unbranched alkanes of at least 4 members (excludes halogenated alkanes) is 2. The first kappa shape index (κ1) is 25.2. The van der Waals surface area contributed by atoms with Gasteiger partial charge in [-0.1, -0.05) is 51.0 Å². The minimum Gasteiger partial charge on any atom is -0.853 e. The van der Waals surface area contributed by atoms with Crippen LogP contribution in [0.2, 0.25) is 0 Å². The molecule has 8 heteroatoms. The average molecular weight is 465 g/mol. The molecule has 0 saturated heterocycles. The highest BCUT2D eigenvalue weighted by Crippen LogP contribution is 2.10. The lowest BCUT2D eigenvalue weighted by atomic mass is 10.1. The monoisotopic (exact) mass is 464 g/mol. The zero-order chi connectivity index (χ0) is 24.5. The van der Waals surface area contributed by atoms with Crippen molar-refractivity contribution in [3.8, 4) is 0 Å². The van der Waals surface area contributed by atoms with Gasteiger partial charge >= 0.3 is 0 Å². The van der Waals surface area contributed by atoms with E-state index in [0.29, 0.717) is 11.6 Å². The zero-order valence-corrected chi connectivity index (χ0v) is 20.8. The molecule has 0 unspecified atom stereocenters. The van der Waals surface area contributed by atoms with E-state index in [9.17, 15) is 10.2 Å². The van der Waals surface area contributed by atoms with E-state index >= 15 is 0 Å². The summed E-state index contributed by atoms with van der Waals surface area (Å²) in [6, 6.07) is 7.75. The van der Waals surface area contributed by atoms with Crippen LogP contribution < -0.4 is 19.3 Å². The second kappa shape index (κ2) is 12.2. The molecule has 0 atom stereocenters. The topological polar surface area (TPSA) is 88.5 Å². The molecule has 0 aliphatic carbocycles. The Morgan fingerprint density at radius 1 is 0.794 bits per heavy atom. The van der Waals surface area contributed by atoms with Crippen molar-refractivity contribution >= 4 is 11.8 Å². The fourth-order valence-electron chi connectivity index (χ4n) is 3.91. The van der Waals surface area contributed by atoms with Crippen molar-refractivity contribution in [2.24, 2.45) is 24.1 Å². The Balaban J connectivity index is 1.70. The summed E-state index contributed by atoms with van der Waals surface area (Å²) >= 11 is 0. The zero-order valence-electron chi connectivity index (χ0n) is 20.8. The van der Waals surface area contributed by atoms with Gasteiger partial charge in [0.15, 0.2) is 0 Å². The quantitative estimate of drug-likeness (QED) is 0.229. The lowest BCUT2D eigenvalue weighted by Crippen LogP contribution is -2.40. The molecule has 3 aromatic rings. The van der Waals surface area contributed by atoms with Gasteiger partial charge in [0, 0.05) is 0 Å². The van der Waals surface area contributed by atoms with E-state index < -0.39 is 0 Å². The third-order valence-electron chi connectivity index (χ3n) is 5.84. The number of nitrogens with zero attached hydrogens (tertiary/aromatic N) is 6. The molecule has 0 fully saturated rings. The largest absolute Gasteiger partial charge is 0.853 e. The van der Waals surface area contributed by atoms with E-state index in [1.807, 2.05) is 81.4 Å². The van der Waals surface area contributed by atoms with Crippen LogP contribution in [0.4, 0.5) is 0 Å². The molecular weight excluding hydrogens is 428 g/mol. The Hall–Kier alpha value is -3.42. The van der Waals surface area contributed by atoms with Crippen molar-refractivity contribution in [2.45, 2.75) is 65.7 Å². The summed E-state index contributed by atoms with van der Waals surface area (Å²) in [5.74, 6) is 0.719. The minimum atomic E-state index is -0.228. The lowest BCUT2D eigenvalue weighted by Gasteiger charge is -2.11. The van der Waals surface area contributed by atoms with Crippen molar-refractivity contribution in [3.05, 3.63) is 71.8 Å². The average Bonchev–Trinajstić information content (AvgIpc) is 3.40. The number of aromatic nitrogens is 4. The fourth-order valence-corrected chi connectivity index (χ4v) is 3.91. The van der Waals surface area contributed by atoms with Gasteiger partial charge < -0.3 is 10.2 Å². The van der Waals surface area contributed by atoms with Gasteiger partial charge in [-0.05, 0) is 24.0 Å². The van der Waals surface area contributed by atoms with E-state index in [1.165, 1.54) is 0 Å². The van der Waals surface area contributed by atoms with Gasteiger partial charge in [0.2, 0.25) is 0 Å². The highest BCUT2D eigenvalue weighted by molar-refractivity contribution is 5.85. The maximum atomic E-state index is 12.8. The van der Waals surface area contributed by atoms with Crippen LogP contribution in [0.3, 0.4) is 0 Å². The molecule has 0 saturated carbocycles. The molecule has 0 amide bonds. The van der Waals surface area contributed by atoms with Gasteiger partial charge in [0.25, 0.3) is 11.6 Å². The van der Waals surface area contributed by atoms with Gasteiger partial charge in [-0.25, -0.2) is 18.3 Å². The fraction of sp³-hybridized carbons (Fsp3) is 0.462. The molecule has 2 heterocycles. The molecule has 1 aromatic carbocycles. The molecule has 34 heavy (non-hydrogen) atoms. The minimum absolute atomic E-state index is 0.228. The van der Waals surface area contributed by atoms with Crippen LogP contribution in [0.15, 0.2) is 59.0 Å². The number of hydrogen-bond donors (Lipinski definition) is 0. The molecule has 0 aliphatic rings. The van der Waals surface area contributed by atoms with Crippen LogP contribution in [0, 0.1) is 0 Å². The first-order valence-electron chi connectivity index (χ1n) is 12.1. The molecule has 0 spiro atoms. The van der Waals surface area contributed by atoms with Gasteiger partial charge in [-0.2, -0.15) is 0 Å². The van der Waals surface area contributed by atoms with Gasteiger partial charge in [-0.3, -0.25) is 9.98 Å². The van der Waals surface area contributed by atoms with Crippen molar-refractivity contribution < 1.29 is 19.3 Å². The number of aliphatic imine (C=N–C) groups is 2. The number of imidazole rings is 2. The lowest BCUT2D eigenvalue weighted by molar-refractivity contribution is -0.674. The van der Waals surface area contributed by atoms with E-state index in [-0.39, 0.29) is 24.9 Å². The van der Waals surface area contributed by atoms with Gasteiger partial charge in [0.1, 0.15) is 24.8 Å². The molecular formula is C26H36N6O2. The van der Waals surface area contributed by atoms with Crippen LogP contribution in [-0.2, 0) is 40.3 Å². The Kier molecular flexibility index (Phi) is 9.01. The van der Waals surface area contributed by atoms with Crippen molar-refractivity contribution in [2.75, 3.05) is 0 Å². The molecule has 8 nitrogen and oxygen atoms in total. The van der Waals surface area contributed by atoms with E-state index in [0.717, 1.165) is 49.9 Å². The Morgan fingerprint density at radius 2 is 1.24 bits per heavy atom. The van der Waals surface area contributed by atoms with Crippen LogP contribution >= 0.6 is 0 Å². The highest BCUT2D eigenvalue weighted by Gasteiger charge is 2.15. The molecule has 182 valence electrons. The summed E-state index contributed by atoms with van der Waals surface area (Å²) in [7, 11) is 3.73. The molecule has 3 rings (SSSR count). The van der Waals surface area contributed by atoms with Crippen LogP contribution in [0.5, 0.6) is 0 Å². The normalized spacial score (nSPS) is 12.5. The van der Waals surface area contributed by atoms with E-state index in [1.54, 1.807) is 0 Å². The van der Waals surface area contributed by atoms with Gasteiger partial charge in [0.05, 0.1) is 52.1 Å². The Bertz CT molecular complexity index is 1060. The number of aryl methyl sites for hydroxylation is 4. The predicted octanol–water partition coefficient (Wildman–Crippen LogP) is 1.15. The smallest absolute Gasteiger partial charge is 0.291 e. The first-order valence-corrected chi connectivity index (χ1v) is 12.1. The predicted molar refractivity (Wildman–Crippen MR) is 128 cm³/mol. The summed E-state index contributed by atoms with van der Waals surface area (Å²) in [4.78, 5) is 8.62. The number of benzene rings is 1. The molecule has 0 aliphatic heterocycles. The van der Waals surface area contributed by atoms with Crippen LogP contribution in [0.25, 0.3) is 0 Å². The number of hydrogen-bond acceptors (Lipinski definition) is 4. The van der Waals surface area contributed by atoms with E-state index in [4.69, 9.17) is 0 Å².